The van der Waals surface area contributed by atoms with Gasteiger partial charge in [0.15, 0.2) is 0 Å². The Bertz CT molecular complexity index is 524. The van der Waals surface area contributed by atoms with Crippen molar-refractivity contribution in [3.63, 3.8) is 0 Å². The number of hydrogen-bond acceptors (Lipinski definition) is 4. The molecule has 1 aliphatic heterocycles. The highest BCUT2D eigenvalue weighted by molar-refractivity contribution is 5.76. The molecule has 2 heterocycles. The molecule has 0 spiro atoms. The summed E-state index contributed by atoms with van der Waals surface area (Å²) in [5, 5.41) is 17.8. The van der Waals surface area contributed by atoms with Crippen molar-refractivity contribution >= 4 is 5.91 Å². The maximum Gasteiger partial charge on any atom is 0.220 e. The van der Waals surface area contributed by atoms with Crippen LogP contribution >= 0.6 is 0 Å². The number of carbonyl (C=O) groups excluding carboxylic acids is 1. The molecule has 6 heteroatoms. The van der Waals surface area contributed by atoms with E-state index in [9.17, 15) is 9.90 Å². The molecular formula is C17H28N4O2. The molecule has 0 unspecified atom stereocenters. The van der Waals surface area contributed by atoms with Gasteiger partial charge in [0, 0.05) is 31.4 Å². The summed E-state index contributed by atoms with van der Waals surface area (Å²) in [5.74, 6) is 0.0253. The van der Waals surface area contributed by atoms with E-state index in [1.807, 2.05) is 13.1 Å². The normalized spacial score (nSPS) is 28.9. The highest BCUT2D eigenvalue weighted by Crippen LogP contribution is 2.26. The fourth-order valence-electron chi connectivity index (χ4n) is 3.95. The van der Waals surface area contributed by atoms with Gasteiger partial charge in [0.2, 0.25) is 5.91 Å². The van der Waals surface area contributed by atoms with Crippen LogP contribution in [0, 0.1) is 0 Å². The monoisotopic (exact) mass is 320 g/mol. The molecule has 3 rings (SSSR count). The van der Waals surface area contributed by atoms with E-state index in [0.29, 0.717) is 12.8 Å². The van der Waals surface area contributed by atoms with E-state index in [1.54, 1.807) is 10.9 Å². The Kier molecular flexibility index (Phi) is 5.33. The number of nitrogens with zero attached hydrogens (tertiary/aromatic N) is 3. The molecule has 1 aromatic heterocycles. The van der Waals surface area contributed by atoms with Crippen molar-refractivity contribution in [1.82, 2.24) is 20.0 Å². The van der Waals surface area contributed by atoms with Gasteiger partial charge >= 0.3 is 0 Å². The number of aromatic nitrogens is 2. The largest absolute Gasteiger partial charge is 0.389 e. The van der Waals surface area contributed by atoms with Gasteiger partial charge in [-0.1, -0.05) is 0 Å². The number of carbonyl (C=O) groups is 1. The topological polar surface area (TPSA) is 70.4 Å². The van der Waals surface area contributed by atoms with Crippen molar-refractivity contribution in [2.75, 3.05) is 13.1 Å². The Morgan fingerprint density at radius 1 is 1.35 bits per heavy atom. The SMILES string of the molecule is Cn1nccc1CCC(=O)N[C@@H]1CCC[C@@H](N2CCCC2)[C@@H]1O. The Morgan fingerprint density at radius 2 is 2.13 bits per heavy atom. The van der Waals surface area contributed by atoms with Crippen LogP contribution in [0.15, 0.2) is 12.3 Å². The molecule has 2 fully saturated rings. The van der Waals surface area contributed by atoms with Crippen molar-refractivity contribution in [3.8, 4) is 0 Å². The first kappa shape index (κ1) is 16.5. The van der Waals surface area contributed by atoms with E-state index in [-0.39, 0.29) is 18.0 Å². The number of aliphatic hydroxyl groups is 1. The molecule has 128 valence electrons. The van der Waals surface area contributed by atoms with Crippen molar-refractivity contribution < 1.29 is 9.90 Å². The lowest BCUT2D eigenvalue weighted by Crippen LogP contribution is -2.56. The lowest BCUT2D eigenvalue weighted by Gasteiger charge is -2.40. The summed E-state index contributed by atoms with van der Waals surface area (Å²) in [5.41, 5.74) is 1.05. The zero-order valence-electron chi connectivity index (χ0n) is 13.9. The molecule has 0 radical (unpaired) electrons. The summed E-state index contributed by atoms with van der Waals surface area (Å²) in [6, 6.07) is 2.05. The van der Waals surface area contributed by atoms with Gasteiger partial charge in [-0.2, -0.15) is 5.10 Å². The van der Waals surface area contributed by atoms with Crippen LogP contribution in [0.2, 0.25) is 0 Å². The summed E-state index contributed by atoms with van der Waals surface area (Å²) in [6.07, 6.45) is 7.88. The first-order chi connectivity index (χ1) is 11.1. The van der Waals surface area contributed by atoms with Gasteiger partial charge < -0.3 is 10.4 Å². The number of rotatable bonds is 5. The van der Waals surface area contributed by atoms with E-state index in [4.69, 9.17) is 0 Å². The minimum atomic E-state index is -0.442. The van der Waals surface area contributed by atoms with E-state index in [1.165, 1.54) is 12.8 Å². The minimum Gasteiger partial charge on any atom is -0.389 e. The number of aliphatic hydroxyl groups excluding tert-OH is 1. The summed E-state index contributed by atoms with van der Waals surface area (Å²) in [4.78, 5) is 14.6. The molecule has 1 saturated heterocycles. The van der Waals surface area contributed by atoms with Gasteiger partial charge in [0.1, 0.15) is 0 Å². The smallest absolute Gasteiger partial charge is 0.220 e. The standard InChI is InChI=1S/C17H28N4O2/c1-20-13(9-10-18-20)7-8-16(22)19-14-5-4-6-15(17(14)23)21-11-2-3-12-21/h9-10,14-15,17,23H,2-8,11-12H2,1H3,(H,19,22)/t14-,15-,17-/m1/s1. The Balaban J connectivity index is 1.50. The van der Waals surface area contributed by atoms with Crippen LogP contribution in [-0.2, 0) is 18.3 Å². The molecule has 23 heavy (non-hydrogen) atoms. The van der Waals surface area contributed by atoms with Crippen LogP contribution in [0.25, 0.3) is 0 Å². The number of amides is 1. The summed E-state index contributed by atoms with van der Waals surface area (Å²) in [6.45, 7) is 2.17. The molecule has 1 aliphatic carbocycles. The third-order valence-corrected chi connectivity index (χ3v) is 5.31. The van der Waals surface area contributed by atoms with Crippen molar-refractivity contribution in [3.05, 3.63) is 18.0 Å². The third-order valence-electron chi connectivity index (χ3n) is 5.31. The lowest BCUT2D eigenvalue weighted by molar-refractivity contribution is -0.123. The molecule has 2 aliphatic rings. The molecule has 0 aromatic carbocycles. The second-order valence-corrected chi connectivity index (χ2v) is 6.85. The third kappa shape index (κ3) is 3.93. The van der Waals surface area contributed by atoms with Gasteiger partial charge in [0.05, 0.1) is 12.1 Å². The van der Waals surface area contributed by atoms with Crippen LogP contribution in [0.1, 0.15) is 44.2 Å². The summed E-state index contributed by atoms with van der Waals surface area (Å²) < 4.78 is 1.80. The van der Waals surface area contributed by atoms with E-state index >= 15 is 0 Å². The second kappa shape index (κ2) is 7.45. The Morgan fingerprint density at radius 3 is 2.83 bits per heavy atom. The molecule has 1 amide bonds. The average Bonchev–Trinajstić information content (AvgIpc) is 3.19. The first-order valence-corrected chi connectivity index (χ1v) is 8.83. The van der Waals surface area contributed by atoms with Crippen LogP contribution < -0.4 is 5.32 Å². The Labute approximate surface area is 137 Å². The highest BCUT2D eigenvalue weighted by Gasteiger charge is 2.36. The molecule has 3 atom stereocenters. The van der Waals surface area contributed by atoms with Gasteiger partial charge in [0.25, 0.3) is 0 Å². The first-order valence-electron chi connectivity index (χ1n) is 8.83. The molecule has 1 saturated carbocycles. The predicted octanol–water partition coefficient (Wildman–Crippen LogP) is 0.847. The number of aryl methyl sites for hydroxylation is 2. The number of hydrogen-bond donors (Lipinski definition) is 2. The zero-order valence-corrected chi connectivity index (χ0v) is 13.9. The quantitative estimate of drug-likeness (QED) is 0.844. The predicted molar refractivity (Wildman–Crippen MR) is 87.9 cm³/mol. The van der Waals surface area contributed by atoms with E-state index < -0.39 is 6.10 Å². The highest BCUT2D eigenvalue weighted by atomic mass is 16.3. The summed E-state index contributed by atoms with van der Waals surface area (Å²) in [7, 11) is 1.89. The van der Waals surface area contributed by atoms with E-state index in [2.05, 4.69) is 15.3 Å². The van der Waals surface area contributed by atoms with Crippen LogP contribution in [-0.4, -0.2) is 57.0 Å². The minimum absolute atomic E-state index is 0.0253. The molecule has 2 N–H and O–H groups in total. The lowest BCUT2D eigenvalue weighted by atomic mass is 9.87. The molecular weight excluding hydrogens is 292 g/mol. The Hall–Kier alpha value is -1.40. The van der Waals surface area contributed by atoms with E-state index in [0.717, 1.165) is 38.0 Å². The van der Waals surface area contributed by atoms with Crippen LogP contribution in [0.4, 0.5) is 0 Å². The van der Waals surface area contributed by atoms with Crippen LogP contribution in [0.5, 0.6) is 0 Å². The fraction of sp³-hybridized carbons (Fsp3) is 0.765. The number of likely N-dealkylation sites (tertiary alicyclic amines) is 1. The summed E-state index contributed by atoms with van der Waals surface area (Å²) >= 11 is 0. The van der Waals surface area contributed by atoms with Gasteiger partial charge in [-0.05, 0) is 57.7 Å². The second-order valence-electron chi connectivity index (χ2n) is 6.85. The zero-order chi connectivity index (χ0) is 16.2. The van der Waals surface area contributed by atoms with Gasteiger partial charge in [-0.25, -0.2) is 0 Å². The average molecular weight is 320 g/mol. The van der Waals surface area contributed by atoms with Crippen molar-refractivity contribution in [1.29, 1.82) is 0 Å². The molecule has 0 bridgehead atoms. The molecule has 1 aromatic rings. The van der Waals surface area contributed by atoms with Crippen LogP contribution in [0.3, 0.4) is 0 Å². The van der Waals surface area contributed by atoms with Crippen molar-refractivity contribution in [2.24, 2.45) is 7.05 Å². The van der Waals surface area contributed by atoms with Gasteiger partial charge in [-0.15, -0.1) is 0 Å². The maximum absolute atomic E-state index is 12.2. The molecule has 6 nitrogen and oxygen atoms in total. The fourth-order valence-corrected chi connectivity index (χ4v) is 3.95. The maximum atomic E-state index is 12.2. The van der Waals surface area contributed by atoms with Gasteiger partial charge in [-0.3, -0.25) is 14.4 Å². The number of nitrogens with one attached hydrogen (secondary N) is 1. The van der Waals surface area contributed by atoms with Crippen molar-refractivity contribution in [2.45, 2.75) is 63.1 Å².